The van der Waals surface area contributed by atoms with Crippen molar-refractivity contribution in [2.45, 2.75) is 43.0 Å². The molecular formula is C22H16F6N2O3. The zero-order chi connectivity index (χ0) is 24.1. The summed E-state index contributed by atoms with van der Waals surface area (Å²) in [6.07, 6.45) is -12.1. The number of anilines is 1. The molecule has 5 nitrogen and oxygen atoms in total. The number of nitrogens with one attached hydrogen (secondary N) is 1. The van der Waals surface area contributed by atoms with Crippen molar-refractivity contribution in [3.63, 3.8) is 0 Å². The fourth-order valence-electron chi connectivity index (χ4n) is 4.54. The van der Waals surface area contributed by atoms with Crippen LogP contribution in [0.5, 0.6) is 0 Å². The molecule has 2 bridgehead atoms. The Morgan fingerprint density at radius 1 is 1.09 bits per heavy atom. The predicted octanol–water partition coefficient (Wildman–Crippen LogP) is 4.47. The highest BCUT2D eigenvalue weighted by Gasteiger charge is 2.57. The van der Waals surface area contributed by atoms with E-state index in [-0.39, 0.29) is 17.7 Å². The maximum atomic E-state index is 13.2. The SMILES string of the molecule is N#Cc1ccc(NC(=O)C2C3CC(O)C(O3)C2c2cccc(C(F)(F)F)c2)cc1C(F)(F)F. The highest BCUT2D eigenvalue weighted by atomic mass is 19.4. The third-order valence-corrected chi connectivity index (χ3v) is 5.94. The second kappa shape index (κ2) is 8.04. The topological polar surface area (TPSA) is 82.4 Å². The first-order valence-corrected chi connectivity index (χ1v) is 9.83. The van der Waals surface area contributed by atoms with E-state index in [0.717, 1.165) is 24.3 Å². The molecule has 0 aliphatic carbocycles. The second-order valence-corrected chi connectivity index (χ2v) is 7.98. The van der Waals surface area contributed by atoms with Crippen molar-refractivity contribution < 1.29 is 41.0 Å². The molecule has 11 heteroatoms. The fourth-order valence-corrected chi connectivity index (χ4v) is 4.54. The van der Waals surface area contributed by atoms with E-state index < -0.39 is 65.1 Å². The first kappa shape index (κ1) is 23.1. The number of nitrogens with zero attached hydrogens (tertiary/aromatic N) is 1. The van der Waals surface area contributed by atoms with E-state index in [1.807, 2.05) is 0 Å². The summed E-state index contributed by atoms with van der Waals surface area (Å²) in [5, 5.41) is 21.5. The number of hydrogen-bond donors (Lipinski definition) is 2. The van der Waals surface area contributed by atoms with Gasteiger partial charge in [-0.15, -0.1) is 0 Å². The Morgan fingerprint density at radius 3 is 2.45 bits per heavy atom. The van der Waals surface area contributed by atoms with Gasteiger partial charge in [0.05, 0.1) is 47.0 Å². The van der Waals surface area contributed by atoms with Gasteiger partial charge >= 0.3 is 12.4 Å². The van der Waals surface area contributed by atoms with Crippen LogP contribution in [0.3, 0.4) is 0 Å². The van der Waals surface area contributed by atoms with Gasteiger partial charge in [-0.05, 0) is 29.8 Å². The van der Waals surface area contributed by atoms with Crippen LogP contribution in [0, 0.1) is 17.2 Å². The van der Waals surface area contributed by atoms with Gasteiger partial charge in [-0.2, -0.15) is 31.6 Å². The summed E-state index contributed by atoms with van der Waals surface area (Å²) < 4.78 is 84.9. The number of carbonyl (C=O) groups is 1. The molecule has 2 aliphatic heterocycles. The number of carbonyl (C=O) groups excluding carboxylic acids is 1. The lowest BCUT2D eigenvalue weighted by atomic mass is 9.73. The minimum atomic E-state index is -4.83. The van der Waals surface area contributed by atoms with Crippen molar-refractivity contribution in [2.75, 3.05) is 5.32 Å². The molecule has 0 aromatic heterocycles. The number of benzene rings is 2. The average Bonchev–Trinajstić information content (AvgIpc) is 3.29. The Labute approximate surface area is 183 Å². The van der Waals surface area contributed by atoms with Gasteiger partial charge < -0.3 is 15.2 Å². The largest absolute Gasteiger partial charge is 0.417 e. The van der Waals surface area contributed by atoms with Crippen LogP contribution in [-0.4, -0.2) is 29.3 Å². The van der Waals surface area contributed by atoms with Crippen molar-refractivity contribution in [3.8, 4) is 6.07 Å². The molecule has 2 fully saturated rings. The van der Waals surface area contributed by atoms with Gasteiger partial charge in [0, 0.05) is 18.0 Å². The number of ether oxygens (including phenoxy) is 1. The molecule has 2 saturated heterocycles. The van der Waals surface area contributed by atoms with Gasteiger partial charge in [0.15, 0.2) is 0 Å². The van der Waals surface area contributed by atoms with Gasteiger partial charge in [0.25, 0.3) is 0 Å². The lowest BCUT2D eigenvalue weighted by molar-refractivity contribution is -0.138. The number of nitriles is 1. The number of rotatable bonds is 3. The monoisotopic (exact) mass is 470 g/mol. The number of hydrogen-bond acceptors (Lipinski definition) is 4. The van der Waals surface area contributed by atoms with Crippen LogP contribution in [0.1, 0.15) is 34.6 Å². The second-order valence-electron chi connectivity index (χ2n) is 7.98. The molecule has 2 aliphatic rings. The number of aliphatic hydroxyl groups excluding tert-OH is 1. The van der Waals surface area contributed by atoms with E-state index in [0.29, 0.717) is 6.07 Å². The Bertz CT molecular complexity index is 1120. The van der Waals surface area contributed by atoms with Crippen molar-refractivity contribution in [3.05, 3.63) is 64.7 Å². The molecule has 4 rings (SSSR count). The van der Waals surface area contributed by atoms with Crippen LogP contribution in [-0.2, 0) is 21.9 Å². The summed E-state index contributed by atoms with van der Waals surface area (Å²) in [6, 6.07) is 8.44. The van der Waals surface area contributed by atoms with Crippen molar-refractivity contribution in [1.29, 1.82) is 5.26 Å². The quantitative estimate of drug-likeness (QED) is 0.649. The predicted molar refractivity (Wildman–Crippen MR) is 102 cm³/mol. The van der Waals surface area contributed by atoms with Crippen LogP contribution in [0.2, 0.25) is 0 Å². The average molecular weight is 470 g/mol. The molecule has 2 heterocycles. The highest BCUT2D eigenvalue weighted by Crippen LogP contribution is 2.50. The molecule has 0 radical (unpaired) electrons. The molecule has 0 saturated carbocycles. The van der Waals surface area contributed by atoms with E-state index >= 15 is 0 Å². The lowest BCUT2D eigenvalue weighted by Crippen LogP contribution is -2.41. The minimum Gasteiger partial charge on any atom is -0.390 e. The van der Waals surface area contributed by atoms with E-state index in [9.17, 15) is 36.2 Å². The van der Waals surface area contributed by atoms with Crippen molar-refractivity contribution >= 4 is 11.6 Å². The molecule has 5 unspecified atom stereocenters. The molecule has 0 spiro atoms. The van der Waals surface area contributed by atoms with Gasteiger partial charge in [-0.25, -0.2) is 0 Å². The van der Waals surface area contributed by atoms with Gasteiger partial charge in [0.1, 0.15) is 0 Å². The zero-order valence-electron chi connectivity index (χ0n) is 16.6. The third kappa shape index (κ3) is 4.28. The van der Waals surface area contributed by atoms with E-state index in [1.54, 1.807) is 0 Å². The lowest BCUT2D eigenvalue weighted by Gasteiger charge is -2.30. The van der Waals surface area contributed by atoms with E-state index in [4.69, 9.17) is 10.00 Å². The maximum absolute atomic E-state index is 13.2. The van der Waals surface area contributed by atoms with E-state index in [1.165, 1.54) is 18.2 Å². The molecule has 1 amide bonds. The number of fused-ring (bicyclic) bond motifs is 2. The summed E-state index contributed by atoms with van der Waals surface area (Å²) in [6.45, 7) is 0. The van der Waals surface area contributed by atoms with E-state index in [2.05, 4.69) is 5.32 Å². The molecule has 5 atom stereocenters. The highest BCUT2D eigenvalue weighted by molar-refractivity contribution is 5.94. The molecular weight excluding hydrogens is 454 g/mol. The maximum Gasteiger partial charge on any atom is 0.417 e. The third-order valence-electron chi connectivity index (χ3n) is 5.94. The molecule has 33 heavy (non-hydrogen) atoms. The van der Waals surface area contributed by atoms with Crippen molar-refractivity contribution in [2.24, 2.45) is 5.92 Å². The summed E-state index contributed by atoms with van der Waals surface area (Å²) in [5.41, 5.74) is -2.87. The first-order chi connectivity index (χ1) is 15.4. The van der Waals surface area contributed by atoms with Crippen LogP contribution in [0.4, 0.5) is 32.0 Å². The molecule has 2 aromatic carbocycles. The smallest absolute Gasteiger partial charge is 0.390 e. The summed E-state index contributed by atoms with van der Waals surface area (Å²) in [4.78, 5) is 13.1. The fraction of sp³-hybridized carbons (Fsp3) is 0.364. The van der Waals surface area contributed by atoms with Crippen LogP contribution in [0.15, 0.2) is 42.5 Å². The van der Waals surface area contributed by atoms with Crippen LogP contribution < -0.4 is 5.32 Å². The van der Waals surface area contributed by atoms with Crippen LogP contribution in [0.25, 0.3) is 0 Å². The Kier molecular flexibility index (Phi) is 5.62. The standard InChI is InChI=1S/C22H16F6N2O3/c23-21(24,25)12-3-1-2-10(6-12)17-18(16-8-15(31)19(17)33-16)20(32)30-13-5-4-11(9-29)14(7-13)22(26,27)28/h1-7,15-19,31H,8H2,(H,30,32). The Balaban J connectivity index is 1.65. The van der Waals surface area contributed by atoms with Gasteiger partial charge in [0.2, 0.25) is 5.91 Å². The number of alkyl halides is 6. The molecule has 2 N–H and O–H groups in total. The summed E-state index contributed by atoms with van der Waals surface area (Å²) in [7, 11) is 0. The van der Waals surface area contributed by atoms with Gasteiger partial charge in [-0.3, -0.25) is 4.79 Å². The van der Waals surface area contributed by atoms with Crippen LogP contribution >= 0.6 is 0 Å². The Hall–Kier alpha value is -3.10. The van der Waals surface area contributed by atoms with Gasteiger partial charge in [-0.1, -0.05) is 18.2 Å². The summed E-state index contributed by atoms with van der Waals surface area (Å²) >= 11 is 0. The number of amides is 1. The molecule has 174 valence electrons. The zero-order valence-corrected chi connectivity index (χ0v) is 16.6. The number of aliphatic hydroxyl groups is 1. The first-order valence-electron chi connectivity index (χ1n) is 9.83. The normalized spacial score (nSPS) is 26.8. The van der Waals surface area contributed by atoms with Crippen molar-refractivity contribution in [1.82, 2.24) is 0 Å². The summed E-state index contributed by atoms with van der Waals surface area (Å²) in [5.74, 6) is -2.72. The Morgan fingerprint density at radius 2 is 1.82 bits per heavy atom. The number of halogens is 6. The molecule has 2 aromatic rings. The minimum absolute atomic E-state index is 0.0688.